The van der Waals surface area contributed by atoms with Crippen LogP contribution in [0.15, 0.2) is 140 Å². The summed E-state index contributed by atoms with van der Waals surface area (Å²) in [5.41, 5.74) is 8.51. The molecule has 0 saturated heterocycles. The Morgan fingerprint density at radius 2 is 0.633 bits per heavy atom. The van der Waals surface area contributed by atoms with E-state index in [1.807, 2.05) is 93.5 Å². The van der Waals surface area contributed by atoms with Crippen molar-refractivity contribution < 1.29 is 9.47 Å². The molecule has 1 aliphatic rings. The molecule has 0 atom stereocenters. The van der Waals surface area contributed by atoms with Crippen molar-refractivity contribution in [1.82, 2.24) is 0 Å². The lowest BCUT2D eigenvalue weighted by Gasteiger charge is -2.33. The van der Waals surface area contributed by atoms with Gasteiger partial charge in [-0.2, -0.15) is 5.26 Å². The van der Waals surface area contributed by atoms with Gasteiger partial charge in [0.15, 0.2) is 0 Å². The number of nitriles is 1. The minimum Gasteiger partial charge on any atom is -0.388 e. The Morgan fingerprint density at radius 3 is 0.898 bits per heavy atom. The van der Waals surface area contributed by atoms with E-state index < -0.39 is 0 Å². The van der Waals surface area contributed by atoms with Crippen LogP contribution in [0.4, 0.5) is 0 Å². The molecular formula is C46H65NO2. The summed E-state index contributed by atoms with van der Waals surface area (Å²) >= 11 is 0. The molecule has 0 unspecified atom stereocenters. The predicted octanol–water partition coefficient (Wildman–Crippen LogP) is 13.3. The summed E-state index contributed by atoms with van der Waals surface area (Å²) in [4.78, 5) is 0. The van der Waals surface area contributed by atoms with Crippen molar-refractivity contribution in [2.24, 2.45) is 0 Å². The molecule has 5 aromatic carbocycles. The predicted molar refractivity (Wildman–Crippen MR) is 218 cm³/mol. The first-order valence-corrected chi connectivity index (χ1v) is 17.7. The molecule has 266 valence electrons. The minimum atomic E-state index is -0.254. The van der Waals surface area contributed by atoms with Gasteiger partial charge < -0.3 is 9.47 Å². The van der Waals surface area contributed by atoms with Gasteiger partial charge in [0.05, 0.1) is 17.0 Å². The molecule has 3 nitrogen and oxygen atoms in total. The summed E-state index contributed by atoms with van der Waals surface area (Å²) in [5.74, 6) is 0. The molecule has 0 aliphatic heterocycles. The molecule has 0 heterocycles. The van der Waals surface area contributed by atoms with E-state index in [9.17, 15) is 0 Å². The van der Waals surface area contributed by atoms with E-state index in [0.29, 0.717) is 5.56 Å². The summed E-state index contributed by atoms with van der Waals surface area (Å²) in [5, 5.41) is 8.29. The Balaban J connectivity index is -0.000000735. The van der Waals surface area contributed by atoms with Gasteiger partial charge in [-0.1, -0.05) is 197 Å². The highest BCUT2D eigenvalue weighted by atomic mass is 16.5. The second-order valence-corrected chi connectivity index (χ2v) is 8.87. The van der Waals surface area contributed by atoms with Gasteiger partial charge in [-0.3, -0.25) is 0 Å². The average molecular weight is 664 g/mol. The van der Waals surface area contributed by atoms with E-state index in [-0.39, 0.29) is 5.41 Å². The zero-order valence-corrected chi connectivity index (χ0v) is 33.0. The number of ether oxygens (including phenoxy) is 2. The fraction of sp³-hybridized carbons (Fsp3) is 0.326. The third-order valence-electron chi connectivity index (χ3n) is 6.27. The minimum absolute atomic E-state index is 0.254. The van der Waals surface area contributed by atoms with Gasteiger partial charge in [0, 0.05) is 28.4 Å². The van der Waals surface area contributed by atoms with Gasteiger partial charge in [-0.25, -0.2) is 0 Å². The molecule has 1 aliphatic carbocycles. The molecule has 0 N–H and O–H groups in total. The standard InChI is InChI=1S/C25H18.C7H5N.2C2H6O.5C2H6/c1-3-11-19(12-4-1)25(20-13-5-2-6-14-20)23-17-9-7-15-21(23)22-16-8-10-18-24(22)25;8-6-7-4-2-1-3-5-7;2*1-3-2;5*1-2/h1-18H;1-5H;2*1-2H3;5*1-2H3. The number of rotatable bonds is 2. The van der Waals surface area contributed by atoms with Crippen molar-refractivity contribution in [3.05, 3.63) is 167 Å². The van der Waals surface area contributed by atoms with Crippen LogP contribution in [0.2, 0.25) is 0 Å². The van der Waals surface area contributed by atoms with Crippen molar-refractivity contribution >= 4 is 0 Å². The van der Waals surface area contributed by atoms with E-state index in [4.69, 9.17) is 5.26 Å². The first kappa shape index (κ1) is 48.9. The Kier molecular flexibility index (Phi) is 33.3. The van der Waals surface area contributed by atoms with Gasteiger partial charge in [-0.05, 0) is 45.5 Å². The Bertz CT molecular complexity index is 1350. The average Bonchev–Trinajstić information content (AvgIpc) is 3.52. The number of nitrogens with zero attached hydrogens (tertiary/aromatic N) is 1. The van der Waals surface area contributed by atoms with Crippen LogP contribution in [0.1, 0.15) is 97.1 Å². The lowest BCUT2D eigenvalue weighted by molar-refractivity contribution is 0.277. The van der Waals surface area contributed by atoms with Gasteiger partial charge >= 0.3 is 0 Å². The molecule has 0 saturated carbocycles. The van der Waals surface area contributed by atoms with Crippen molar-refractivity contribution in [1.29, 1.82) is 5.26 Å². The SMILES string of the molecule is CC.CC.CC.CC.CC.COC.COC.N#Cc1ccccc1.c1ccc(C2(c3ccccc3)c3ccccc3-c3ccccc32)cc1. The molecule has 6 rings (SSSR count). The number of benzene rings is 5. The zero-order valence-electron chi connectivity index (χ0n) is 33.0. The summed E-state index contributed by atoms with van der Waals surface area (Å²) in [6.07, 6.45) is 0. The lowest BCUT2D eigenvalue weighted by Crippen LogP contribution is -2.28. The summed E-state index contributed by atoms with van der Waals surface area (Å²) in [6, 6.07) is 50.6. The van der Waals surface area contributed by atoms with Crippen molar-refractivity contribution in [2.45, 2.75) is 74.7 Å². The van der Waals surface area contributed by atoms with Crippen LogP contribution in [-0.2, 0) is 14.9 Å². The fourth-order valence-electron chi connectivity index (χ4n) is 4.91. The monoisotopic (exact) mass is 664 g/mol. The topological polar surface area (TPSA) is 42.2 Å². The number of hydrogen-bond donors (Lipinski definition) is 0. The maximum absolute atomic E-state index is 8.29. The molecular weight excluding hydrogens is 599 g/mol. The Labute approximate surface area is 301 Å². The molecule has 3 heteroatoms. The first-order valence-electron chi connectivity index (χ1n) is 17.7. The van der Waals surface area contributed by atoms with Gasteiger partial charge in [0.25, 0.3) is 0 Å². The maximum Gasteiger partial charge on any atom is 0.0991 e. The van der Waals surface area contributed by atoms with E-state index >= 15 is 0 Å². The summed E-state index contributed by atoms with van der Waals surface area (Å²) < 4.78 is 8.50. The van der Waals surface area contributed by atoms with E-state index in [1.54, 1.807) is 40.6 Å². The van der Waals surface area contributed by atoms with Gasteiger partial charge in [0.2, 0.25) is 0 Å². The molecule has 0 spiro atoms. The molecule has 0 fully saturated rings. The van der Waals surface area contributed by atoms with Crippen LogP contribution in [0.5, 0.6) is 0 Å². The fourth-order valence-corrected chi connectivity index (χ4v) is 4.91. The summed E-state index contributed by atoms with van der Waals surface area (Å²) in [7, 11) is 6.50. The quantitative estimate of drug-likeness (QED) is 0.185. The molecule has 49 heavy (non-hydrogen) atoms. The molecule has 0 aromatic heterocycles. The van der Waals surface area contributed by atoms with E-state index in [2.05, 4.69) is 119 Å². The van der Waals surface area contributed by atoms with Crippen LogP contribution < -0.4 is 0 Å². The Hall–Kier alpha value is -4.49. The molecule has 5 aromatic rings. The van der Waals surface area contributed by atoms with Crippen LogP contribution in [0, 0.1) is 11.3 Å². The van der Waals surface area contributed by atoms with Crippen molar-refractivity contribution in [3.63, 3.8) is 0 Å². The van der Waals surface area contributed by atoms with E-state index in [0.717, 1.165) is 0 Å². The van der Waals surface area contributed by atoms with E-state index in [1.165, 1.54) is 33.4 Å². The highest BCUT2D eigenvalue weighted by molar-refractivity contribution is 5.86. The van der Waals surface area contributed by atoms with Crippen molar-refractivity contribution in [2.75, 3.05) is 28.4 Å². The smallest absolute Gasteiger partial charge is 0.0991 e. The van der Waals surface area contributed by atoms with Gasteiger partial charge in [-0.15, -0.1) is 0 Å². The van der Waals surface area contributed by atoms with Crippen molar-refractivity contribution in [3.8, 4) is 17.2 Å². The van der Waals surface area contributed by atoms with Crippen LogP contribution in [0.3, 0.4) is 0 Å². The first-order chi connectivity index (χ1) is 24.2. The number of fused-ring (bicyclic) bond motifs is 3. The molecule has 0 radical (unpaired) electrons. The highest BCUT2D eigenvalue weighted by Gasteiger charge is 2.45. The normalized spacial score (nSPS) is 9.73. The second-order valence-electron chi connectivity index (χ2n) is 8.87. The van der Waals surface area contributed by atoms with Crippen LogP contribution in [-0.4, -0.2) is 28.4 Å². The number of hydrogen-bond acceptors (Lipinski definition) is 3. The highest BCUT2D eigenvalue weighted by Crippen LogP contribution is 2.55. The van der Waals surface area contributed by atoms with Gasteiger partial charge in [0.1, 0.15) is 0 Å². The third kappa shape index (κ3) is 14.7. The molecule has 0 bridgehead atoms. The largest absolute Gasteiger partial charge is 0.388 e. The third-order valence-corrected chi connectivity index (χ3v) is 6.27. The maximum atomic E-state index is 8.29. The number of methoxy groups -OCH3 is 2. The second kappa shape index (κ2) is 33.4. The molecule has 0 amide bonds. The summed E-state index contributed by atoms with van der Waals surface area (Å²) in [6.45, 7) is 20.0. The lowest BCUT2D eigenvalue weighted by atomic mass is 9.68. The zero-order chi connectivity index (χ0) is 37.9. The Morgan fingerprint density at radius 1 is 0.388 bits per heavy atom. The van der Waals surface area contributed by atoms with Crippen LogP contribution >= 0.6 is 0 Å². The van der Waals surface area contributed by atoms with Crippen LogP contribution in [0.25, 0.3) is 11.1 Å².